The van der Waals surface area contributed by atoms with Gasteiger partial charge in [-0.15, -0.1) is 0 Å². The second-order valence-electron chi connectivity index (χ2n) is 3.07. The lowest BCUT2D eigenvalue weighted by Gasteiger charge is -2.11. The van der Waals surface area contributed by atoms with E-state index < -0.39 is 0 Å². The number of allylic oxidation sites excluding steroid dienone is 3. The average Bonchev–Trinajstić information content (AvgIpc) is 2.16. The Labute approximate surface area is 83.7 Å². The molecule has 1 rings (SSSR count). The summed E-state index contributed by atoms with van der Waals surface area (Å²) in [5, 5.41) is 3.73. The van der Waals surface area contributed by atoms with E-state index in [4.69, 9.17) is 11.6 Å². The summed E-state index contributed by atoms with van der Waals surface area (Å²) in [5.74, 6) is 0.0987. The van der Waals surface area contributed by atoms with Gasteiger partial charge in [-0.05, 0) is 18.9 Å². The summed E-state index contributed by atoms with van der Waals surface area (Å²) in [5.41, 5.74) is 1.24. The van der Waals surface area contributed by atoms with Crippen LogP contribution in [0.15, 0.2) is 22.8 Å². The second kappa shape index (κ2) is 5.07. The Kier molecular flexibility index (Phi) is 4.03. The van der Waals surface area contributed by atoms with Gasteiger partial charge in [0, 0.05) is 18.0 Å². The minimum atomic E-state index is 0.0987. The fourth-order valence-electron chi connectivity index (χ4n) is 1.14. The van der Waals surface area contributed by atoms with E-state index in [0.717, 1.165) is 17.9 Å². The smallest absolute Gasteiger partial charge is 0.219 e. The standard InChI is InChI=1S/C10H14ClNO/c1-2-10(13)12-7-8-3-5-9(11)6-4-8/h3,5H,2,4,6-7H2,1H3,(H,12,13). The SMILES string of the molecule is CCC(=O)NCC1=CC=C(Cl)CC1. The molecule has 2 nitrogen and oxygen atoms in total. The molecule has 1 N–H and O–H groups in total. The predicted molar refractivity (Wildman–Crippen MR) is 54.6 cm³/mol. The molecular formula is C10H14ClNO. The van der Waals surface area contributed by atoms with Crippen molar-refractivity contribution in [1.29, 1.82) is 0 Å². The molecule has 0 unspecified atom stereocenters. The Morgan fingerprint density at radius 2 is 2.31 bits per heavy atom. The molecule has 0 fully saturated rings. The molecule has 0 spiro atoms. The molecule has 1 aliphatic rings. The van der Waals surface area contributed by atoms with Crippen molar-refractivity contribution in [3.05, 3.63) is 22.8 Å². The third kappa shape index (κ3) is 3.64. The molecule has 0 bridgehead atoms. The molecule has 0 atom stereocenters. The van der Waals surface area contributed by atoms with Gasteiger partial charge >= 0.3 is 0 Å². The lowest BCUT2D eigenvalue weighted by atomic mass is 10.1. The van der Waals surface area contributed by atoms with Crippen LogP contribution in [-0.2, 0) is 4.79 Å². The highest BCUT2D eigenvalue weighted by Crippen LogP contribution is 2.20. The first-order valence-electron chi connectivity index (χ1n) is 4.53. The monoisotopic (exact) mass is 199 g/mol. The van der Waals surface area contributed by atoms with Gasteiger partial charge in [0.05, 0.1) is 0 Å². The maximum absolute atomic E-state index is 10.9. The molecule has 72 valence electrons. The zero-order valence-electron chi connectivity index (χ0n) is 7.77. The fraction of sp³-hybridized carbons (Fsp3) is 0.500. The van der Waals surface area contributed by atoms with Crippen LogP contribution in [0.1, 0.15) is 26.2 Å². The molecule has 13 heavy (non-hydrogen) atoms. The van der Waals surface area contributed by atoms with Crippen LogP contribution in [0.5, 0.6) is 0 Å². The lowest BCUT2D eigenvalue weighted by molar-refractivity contribution is -0.120. The highest BCUT2D eigenvalue weighted by molar-refractivity contribution is 6.29. The average molecular weight is 200 g/mol. The molecule has 0 radical (unpaired) electrons. The van der Waals surface area contributed by atoms with Crippen LogP contribution in [0, 0.1) is 0 Å². The molecule has 0 saturated carbocycles. The van der Waals surface area contributed by atoms with Crippen molar-refractivity contribution in [2.45, 2.75) is 26.2 Å². The first-order chi connectivity index (χ1) is 6.22. The van der Waals surface area contributed by atoms with Gasteiger partial charge in [0.15, 0.2) is 0 Å². The summed E-state index contributed by atoms with van der Waals surface area (Å²) in [6.45, 7) is 2.51. The molecule has 0 saturated heterocycles. The van der Waals surface area contributed by atoms with Gasteiger partial charge < -0.3 is 5.32 Å². The first kappa shape index (κ1) is 10.3. The van der Waals surface area contributed by atoms with E-state index in [-0.39, 0.29) is 5.91 Å². The zero-order valence-corrected chi connectivity index (χ0v) is 8.53. The summed E-state index contributed by atoms with van der Waals surface area (Å²) in [6.07, 6.45) is 6.29. The van der Waals surface area contributed by atoms with Crippen molar-refractivity contribution < 1.29 is 4.79 Å². The molecule has 1 aliphatic carbocycles. The largest absolute Gasteiger partial charge is 0.352 e. The van der Waals surface area contributed by atoms with Crippen LogP contribution in [0.4, 0.5) is 0 Å². The normalized spacial score (nSPS) is 16.2. The third-order valence-electron chi connectivity index (χ3n) is 2.02. The van der Waals surface area contributed by atoms with Gasteiger partial charge in [-0.25, -0.2) is 0 Å². The summed E-state index contributed by atoms with van der Waals surface area (Å²) in [6, 6.07) is 0. The van der Waals surface area contributed by atoms with Crippen LogP contribution in [-0.4, -0.2) is 12.5 Å². The van der Waals surface area contributed by atoms with Crippen LogP contribution in [0.3, 0.4) is 0 Å². The van der Waals surface area contributed by atoms with Crippen LogP contribution < -0.4 is 5.32 Å². The number of amides is 1. The molecule has 3 heteroatoms. The highest BCUT2D eigenvalue weighted by Gasteiger charge is 2.05. The van der Waals surface area contributed by atoms with E-state index >= 15 is 0 Å². The Morgan fingerprint density at radius 3 is 2.85 bits per heavy atom. The third-order valence-corrected chi connectivity index (χ3v) is 2.33. The van der Waals surface area contributed by atoms with Gasteiger partial charge in [-0.2, -0.15) is 0 Å². The van der Waals surface area contributed by atoms with E-state index in [2.05, 4.69) is 5.32 Å². The molecule has 0 aromatic heterocycles. The zero-order chi connectivity index (χ0) is 9.68. The minimum Gasteiger partial charge on any atom is -0.352 e. The number of nitrogens with one attached hydrogen (secondary N) is 1. The van der Waals surface area contributed by atoms with Gasteiger partial charge in [0.25, 0.3) is 0 Å². The number of hydrogen-bond donors (Lipinski definition) is 1. The topological polar surface area (TPSA) is 29.1 Å². The van der Waals surface area contributed by atoms with E-state index in [1.54, 1.807) is 0 Å². The van der Waals surface area contributed by atoms with Gasteiger partial charge in [0.1, 0.15) is 0 Å². The number of rotatable bonds is 3. The highest BCUT2D eigenvalue weighted by atomic mass is 35.5. The molecule has 0 aromatic carbocycles. The van der Waals surface area contributed by atoms with Crippen molar-refractivity contribution in [2.24, 2.45) is 0 Å². The quantitative estimate of drug-likeness (QED) is 0.743. The van der Waals surface area contributed by atoms with Gasteiger partial charge in [0.2, 0.25) is 5.91 Å². The minimum absolute atomic E-state index is 0.0987. The van der Waals surface area contributed by atoms with Crippen molar-refractivity contribution in [3.63, 3.8) is 0 Å². The number of halogens is 1. The summed E-state index contributed by atoms with van der Waals surface area (Å²) in [4.78, 5) is 10.9. The van der Waals surface area contributed by atoms with Gasteiger partial charge in [-0.3, -0.25) is 4.79 Å². The van der Waals surface area contributed by atoms with Crippen molar-refractivity contribution in [3.8, 4) is 0 Å². The van der Waals surface area contributed by atoms with Gasteiger partial charge in [-0.1, -0.05) is 30.2 Å². The fourth-order valence-corrected chi connectivity index (χ4v) is 1.30. The number of hydrogen-bond acceptors (Lipinski definition) is 1. The molecule has 0 heterocycles. The molecule has 0 aliphatic heterocycles. The van der Waals surface area contributed by atoms with E-state index in [0.29, 0.717) is 13.0 Å². The molecule has 0 aromatic rings. The summed E-state index contributed by atoms with van der Waals surface area (Å²) in [7, 11) is 0. The van der Waals surface area contributed by atoms with Crippen molar-refractivity contribution in [2.75, 3.05) is 6.54 Å². The maximum Gasteiger partial charge on any atom is 0.219 e. The Hall–Kier alpha value is -0.760. The van der Waals surface area contributed by atoms with E-state index in [1.165, 1.54) is 5.57 Å². The summed E-state index contributed by atoms with van der Waals surface area (Å²) < 4.78 is 0. The van der Waals surface area contributed by atoms with Crippen molar-refractivity contribution in [1.82, 2.24) is 5.32 Å². The van der Waals surface area contributed by atoms with Crippen LogP contribution in [0.25, 0.3) is 0 Å². The Morgan fingerprint density at radius 1 is 1.54 bits per heavy atom. The second-order valence-corrected chi connectivity index (χ2v) is 3.55. The first-order valence-corrected chi connectivity index (χ1v) is 4.91. The van der Waals surface area contributed by atoms with E-state index in [1.807, 2.05) is 19.1 Å². The number of carbonyl (C=O) groups excluding carboxylic acids is 1. The molecule has 1 amide bonds. The summed E-state index contributed by atoms with van der Waals surface area (Å²) >= 11 is 5.80. The Bertz CT molecular complexity index is 256. The van der Waals surface area contributed by atoms with Crippen LogP contribution >= 0.6 is 11.6 Å². The lowest BCUT2D eigenvalue weighted by Crippen LogP contribution is -2.24. The predicted octanol–water partition coefficient (Wildman–Crippen LogP) is 2.36. The Balaban J connectivity index is 2.34. The molecular weight excluding hydrogens is 186 g/mol. The van der Waals surface area contributed by atoms with Crippen LogP contribution in [0.2, 0.25) is 0 Å². The number of carbonyl (C=O) groups is 1. The van der Waals surface area contributed by atoms with Crippen molar-refractivity contribution >= 4 is 17.5 Å². The van der Waals surface area contributed by atoms with E-state index in [9.17, 15) is 4.79 Å². The maximum atomic E-state index is 10.9.